The van der Waals surface area contributed by atoms with Gasteiger partial charge in [0.1, 0.15) is 13.2 Å². The van der Waals surface area contributed by atoms with Crippen molar-refractivity contribution in [1.82, 2.24) is 0 Å². The summed E-state index contributed by atoms with van der Waals surface area (Å²) in [5.74, 6) is -0.990. The Bertz CT molecular complexity index is 1760. The molecule has 78 heavy (non-hydrogen) atoms. The van der Waals surface area contributed by atoms with E-state index in [4.69, 9.17) is 14.2 Å². The zero-order chi connectivity index (χ0) is 56.4. The zero-order valence-corrected chi connectivity index (χ0v) is 50.1. The fourth-order valence-corrected chi connectivity index (χ4v) is 8.10. The van der Waals surface area contributed by atoms with Gasteiger partial charge < -0.3 is 14.2 Å². The third-order valence-corrected chi connectivity index (χ3v) is 12.7. The molecule has 0 aliphatic heterocycles. The Morgan fingerprint density at radius 1 is 0.269 bits per heavy atom. The van der Waals surface area contributed by atoms with E-state index in [1.165, 1.54) is 70.6 Å². The molecule has 6 heteroatoms. The molecule has 0 saturated carbocycles. The molecule has 0 heterocycles. The van der Waals surface area contributed by atoms with Crippen molar-refractivity contribution in [3.63, 3.8) is 0 Å². The van der Waals surface area contributed by atoms with Crippen LogP contribution < -0.4 is 0 Å². The molecule has 0 spiro atoms. The van der Waals surface area contributed by atoms with Gasteiger partial charge in [-0.25, -0.2) is 0 Å². The summed E-state index contributed by atoms with van der Waals surface area (Å²) in [6.07, 6.45) is 94.0. The van der Waals surface area contributed by atoms with Gasteiger partial charge in [-0.1, -0.05) is 256 Å². The maximum absolute atomic E-state index is 12.9. The van der Waals surface area contributed by atoms with E-state index >= 15 is 0 Å². The predicted octanol–water partition coefficient (Wildman–Crippen LogP) is 21.7. The van der Waals surface area contributed by atoms with Crippen molar-refractivity contribution in [1.29, 1.82) is 0 Å². The normalized spacial score (nSPS) is 13.2. The average Bonchev–Trinajstić information content (AvgIpc) is 3.44. The summed E-state index contributed by atoms with van der Waals surface area (Å²) in [6.45, 7) is 6.32. The highest BCUT2D eigenvalue weighted by Crippen LogP contribution is 2.14. The SMILES string of the molecule is CC/C=C\C/C=C\C/C=C\C/C=C\C/C=C\C/C=C\C/C=C\CCCCCCCCCCCC(=O)OCC(COC(=O)CCCCCCC/C=C\CCCCC)OC(=O)CCC/C=C\C/C=C\C/C=C\C/C=C\C/C=C\CC. The molecular weight excluding hydrogens is 961 g/mol. The second-order valence-electron chi connectivity index (χ2n) is 20.2. The summed E-state index contributed by atoms with van der Waals surface area (Å²) in [5.41, 5.74) is 0. The van der Waals surface area contributed by atoms with Crippen molar-refractivity contribution in [3.8, 4) is 0 Å². The van der Waals surface area contributed by atoms with Crippen LogP contribution in [0.25, 0.3) is 0 Å². The summed E-state index contributed by atoms with van der Waals surface area (Å²) < 4.78 is 16.8. The van der Waals surface area contributed by atoms with Gasteiger partial charge in [-0.05, 0) is 141 Å². The standard InChI is InChI=1S/C72H114O6/c1-4-7-10-13-16-19-22-25-27-29-30-31-32-33-34-35-36-37-38-39-40-41-42-44-45-47-50-53-56-59-62-65-71(74)77-68-69(67-76-70(73)64-61-58-55-52-49-24-21-18-15-12-9-6-3)78-72(75)66-63-60-57-54-51-48-46-43-28-26-23-20-17-14-11-8-5-2/h7-8,10-11,16-21,25-28,30-31,33-34,36-37,39-40,46,48,54,57,69H,4-6,9,12-15,22-24,29,32,35,38,41-45,47,49-53,55-56,58-68H2,1-3H3/b10-7-,11-8-,19-16-,20-17-,21-18-,27-25-,28-26-,31-30-,34-33-,37-36-,40-39-,48-46-,57-54-. The van der Waals surface area contributed by atoms with Gasteiger partial charge in [-0.2, -0.15) is 0 Å². The third-order valence-electron chi connectivity index (χ3n) is 12.7. The first kappa shape index (κ1) is 73.0. The van der Waals surface area contributed by atoms with Crippen LogP contribution in [0.3, 0.4) is 0 Å². The molecule has 0 amide bonds. The lowest BCUT2D eigenvalue weighted by molar-refractivity contribution is -0.167. The van der Waals surface area contributed by atoms with E-state index in [0.717, 1.165) is 141 Å². The first-order valence-corrected chi connectivity index (χ1v) is 31.5. The van der Waals surface area contributed by atoms with E-state index in [1.54, 1.807) is 0 Å². The predicted molar refractivity (Wildman–Crippen MR) is 338 cm³/mol. The molecule has 0 aromatic carbocycles. The van der Waals surface area contributed by atoms with Crippen LogP contribution in [0.2, 0.25) is 0 Å². The van der Waals surface area contributed by atoms with E-state index in [2.05, 4.69) is 179 Å². The average molecular weight is 1080 g/mol. The Morgan fingerprint density at radius 2 is 0.513 bits per heavy atom. The zero-order valence-electron chi connectivity index (χ0n) is 50.1. The first-order valence-electron chi connectivity index (χ1n) is 31.5. The molecule has 0 aliphatic rings. The Morgan fingerprint density at radius 3 is 0.833 bits per heavy atom. The number of carbonyl (C=O) groups is 3. The van der Waals surface area contributed by atoms with Gasteiger partial charge in [0.2, 0.25) is 0 Å². The van der Waals surface area contributed by atoms with E-state index in [-0.39, 0.29) is 37.5 Å². The van der Waals surface area contributed by atoms with Crippen molar-refractivity contribution >= 4 is 17.9 Å². The second-order valence-corrected chi connectivity index (χ2v) is 20.2. The largest absolute Gasteiger partial charge is 0.462 e. The highest BCUT2D eigenvalue weighted by atomic mass is 16.6. The van der Waals surface area contributed by atoms with Crippen LogP contribution in [-0.2, 0) is 28.6 Å². The van der Waals surface area contributed by atoms with Crippen LogP contribution >= 0.6 is 0 Å². The quantitative estimate of drug-likeness (QED) is 0.0261. The lowest BCUT2D eigenvalue weighted by Gasteiger charge is -2.18. The number of unbranched alkanes of at least 4 members (excludes halogenated alkanes) is 18. The molecule has 0 aromatic rings. The van der Waals surface area contributed by atoms with E-state index < -0.39 is 6.10 Å². The lowest BCUT2D eigenvalue weighted by Crippen LogP contribution is -2.30. The Labute approximate surface area is 480 Å². The van der Waals surface area contributed by atoms with Crippen LogP contribution in [-0.4, -0.2) is 37.2 Å². The van der Waals surface area contributed by atoms with Gasteiger partial charge in [-0.3, -0.25) is 14.4 Å². The number of hydrogen-bond donors (Lipinski definition) is 0. The van der Waals surface area contributed by atoms with Crippen molar-refractivity contribution < 1.29 is 28.6 Å². The maximum atomic E-state index is 12.9. The molecule has 0 N–H and O–H groups in total. The fraction of sp³-hybridized carbons (Fsp3) is 0.597. The first-order chi connectivity index (χ1) is 38.5. The van der Waals surface area contributed by atoms with E-state index in [0.29, 0.717) is 19.3 Å². The minimum Gasteiger partial charge on any atom is -0.462 e. The smallest absolute Gasteiger partial charge is 0.306 e. The monoisotopic (exact) mass is 1070 g/mol. The highest BCUT2D eigenvalue weighted by Gasteiger charge is 2.19. The summed E-state index contributed by atoms with van der Waals surface area (Å²) in [6, 6.07) is 0. The molecule has 0 radical (unpaired) electrons. The summed E-state index contributed by atoms with van der Waals surface area (Å²) in [4.78, 5) is 38.2. The van der Waals surface area contributed by atoms with Crippen LogP contribution in [0.4, 0.5) is 0 Å². The molecule has 6 nitrogen and oxygen atoms in total. The number of esters is 3. The molecule has 0 aliphatic carbocycles. The highest BCUT2D eigenvalue weighted by molar-refractivity contribution is 5.71. The van der Waals surface area contributed by atoms with Gasteiger partial charge in [0.15, 0.2) is 6.10 Å². The summed E-state index contributed by atoms with van der Waals surface area (Å²) in [7, 11) is 0. The number of rotatable bonds is 55. The summed E-state index contributed by atoms with van der Waals surface area (Å²) >= 11 is 0. The third kappa shape index (κ3) is 61.9. The minimum atomic E-state index is -0.821. The lowest BCUT2D eigenvalue weighted by atomic mass is 10.1. The molecule has 1 atom stereocenters. The van der Waals surface area contributed by atoms with Gasteiger partial charge in [0.05, 0.1) is 0 Å². The van der Waals surface area contributed by atoms with Gasteiger partial charge in [-0.15, -0.1) is 0 Å². The molecule has 1 unspecified atom stereocenters. The number of hydrogen-bond acceptors (Lipinski definition) is 6. The molecule has 438 valence electrons. The molecule has 0 fully saturated rings. The molecule has 0 bridgehead atoms. The Balaban J connectivity index is 4.35. The minimum absolute atomic E-state index is 0.112. The van der Waals surface area contributed by atoms with E-state index in [1.807, 2.05) is 0 Å². The molecule has 0 saturated heterocycles. The van der Waals surface area contributed by atoms with Gasteiger partial charge >= 0.3 is 17.9 Å². The maximum Gasteiger partial charge on any atom is 0.306 e. The number of carbonyl (C=O) groups excluding carboxylic acids is 3. The number of allylic oxidation sites excluding steroid dienone is 26. The number of ether oxygens (including phenoxy) is 3. The van der Waals surface area contributed by atoms with Gasteiger partial charge in [0.25, 0.3) is 0 Å². The van der Waals surface area contributed by atoms with Crippen molar-refractivity contribution in [2.45, 2.75) is 264 Å². The molecule has 0 aromatic heterocycles. The Hall–Kier alpha value is -4.97. The Kier molecular flexibility index (Phi) is 60.4. The van der Waals surface area contributed by atoms with Crippen molar-refractivity contribution in [2.75, 3.05) is 13.2 Å². The second kappa shape index (κ2) is 64.6. The molecular formula is C72H114O6. The van der Waals surface area contributed by atoms with Crippen LogP contribution in [0.5, 0.6) is 0 Å². The van der Waals surface area contributed by atoms with Crippen molar-refractivity contribution in [2.24, 2.45) is 0 Å². The van der Waals surface area contributed by atoms with Crippen LogP contribution in [0, 0.1) is 0 Å². The van der Waals surface area contributed by atoms with Gasteiger partial charge in [0, 0.05) is 19.3 Å². The van der Waals surface area contributed by atoms with E-state index in [9.17, 15) is 14.4 Å². The molecule has 0 rings (SSSR count). The van der Waals surface area contributed by atoms with Crippen LogP contribution in [0.1, 0.15) is 258 Å². The van der Waals surface area contributed by atoms with Crippen LogP contribution in [0.15, 0.2) is 158 Å². The summed E-state index contributed by atoms with van der Waals surface area (Å²) in [5, 5.41) is 0. The fourth-order valence-electron chi connectivity index (χ4n) is 8.10. The topological polar surface area (TPSA) is 78.9 Å². The van der Waals surface area contributed by atoms with Crippen molar-refractivity contribution in [3.05, 3.63) is 158 Å².